The van der Waals surface area contributed by atoms with Crippen molar-refractivity contribution < 1.29 is 4.79 Å². The monoisotopic (exact) mass is 331 g/mol. The lowest BCUT2D eigenvalue weighted by atomic mass is 10.1. The van der Waals surface area contributed by atoms with E-state index in [4.69, 9.17) is 0 Å². The van der Waals surface area contributed by atoms with E-state index in [2.05, 4.69) is 37.8 Å². The first-order chi connectivity index (χ1) is 8.76. The number of halogens is 1. The molecule has 18 heavy (non-hydrogen) atoms. The summed E-state index contributed by atoms with van der Waals surface area (Å²) >= 11 is 4.73. The second-order valence-corrected chi connectivity index (χ2v) is 6.13. The second kappa shape index (κ2) is 6.61. The van der Waals surface area contributed by atoms with Gasteiger partial charge in [-0.3, -0.25) is 4.79 Å². The number of aromatic nitrogens is 2. The summed E-state index contributed by atoms with van der Waals surface area (Å²) in [5, 5.41) is 8.14. The maximum Gasteiger partial charge on any atom is 0.265 e. The van der Waals surface area contributed by atoms with Crippen molar-refractivity contribution in [3.63, 3.8) is 0 Å². The zero-order valence-electron chi connectivity index (χ0n) is 10.5. The normalized spacial score (nSPS) is 23.2. The minimum atomic E-state index is 0.00583. The van der Waals surface area contributed by atoms with Crippen LogP contribution >= 0.6 is 27.5 Å². The summed E-state index contributed by atoms with van der Waals surface area (Å²) in [5.41, 5.74) is 0.841. The van der Waals surface area contributed by atoms with Gasteiger partial charge in [0.1, 0.15) is 4.88 Å². The van der Waals surface area contributed by atoms with E-state index in [1.165, 1.54) is 24.4 Å². The zero-order chi connectivity index (χ0) is 13.0. The first kappa shape index (κ1) is 13.9. The van der Waals surface area contributed by atoms with E-state index in [-0.39, 0.29) is 5.91 Å². The molecule has 2 rings (SSSR count). The Morgan fingerprint density at radius 1 is 1.56 bits per heavy atom. The third-order valence-electron chi connectivity index (χ3n) is 3.42. The number of rotatable bonds is 5. The molecule has 1 aliphatic rings. The van der Waals surface area contributed by atoms with Crippen LogP contribution in [0.1, 0.15) is 48.0 Å². The van der Waals surface area contributed by atoms with E-state index in [0.717, 1.165) is 30.3 Å². The molecule has 0 aliphatic heterocycles. The van der Waals surface area contributed by atoms with Crippen LogP contribution in [0.4, 0.5) is 0 Å². The van der Waals surface area contributed by atoms with Gasteiger partial charge in [0.15, 0.2) is 0 Å². The van der Waals surface area contributed by atoms with E-state index >= 15 is 0 Å². The molecule has 2 atom stereocenters. The van der Waals surface area contributed by atoms with Crippen molar-refractivity contribution in [1.82, 2.24) is 14.9 Å². The number of alkyl halides is 1. The van der Waals surface area contributed by atoms with Gasteiger partial charge in [-0.1, -0.05) is 40.2 Å². The van der Waals surface area contributed by atoms with Crippen LogP contribution in [0, 0.1) is 5.92 Å². The molecule has 1 fully saturated rings. The average molecular weight is 332 g/mol. The van der Waals surface area contributed by atoms with Crippen LogP contribution in [0.5, 0.6) is 0 Å². The highest BCUT2D eigenvalue weighted by Gasteiger charge is 2.29. The van der Waals surface area contributed by atoms with Crippen LogP contribution in [0.15, 0.2) is 0 Å². The molecule has 0 aromatic carbocycles. The Bertz CT molecular complexity index is 410. The molecule has 6 heteroatoms. The average Bonchev–Trinajstić information content (AvgIpc) is 2.98. The lowest BCUT2D eigenvalue weighted by molar-refractivity contribution is 0.0933. The Kier molecular flexibility index (Phi) is 5.12. The lowest BCUT2D eigenvalue weighted by Crippen LogP contribution is -2.37. The summed E-state index contributed by atoms with van der Waals surface area (Å²) in [4.78, 5) is 12.9. The predicted molar refractivity (Wildman–Crippen MR) is 76.3 cm³/mol. The SMILES string of the molecule is CCCc1nnsc1C(=O)NC1CCCC1CBr. The summed E-state index contributed by atoms with van der Waals surface area (Å²) in [5.74, 6) is 0.566. The van der Waals surface area contributed by atoms with Crippen molar-refractivity contribution in [2.24, 2.45) is 5.92 Å². The Balaban J connectivity index is 2.00. The first-order valence-electron chi connectivity index (χ1n) is 6.44. The largest absolute Gasteiger partial charge is 0.348 e. The predicted octanol–water partition coefficient (Wildman–Crippen LogP) is 2.78. The van der Waals surface area contributed by atoms with E-state index in [1.807, 2.05) is 0 Å². The molecule has 1 heterocycles. The van der Waals surface area contributed by atoms with E-state index in [0.29, 0.717) is 16.8 Å². The van der Waals surface area contributed by atoms with E-state index in [9.17, 15) is 4.79 Å². The molecule has 2 unspecified atom stereocenters. The van der Waals surface area contributed by atoms with Gasteiger partial charge in [-0.15, -0.1) is 5.10 Å². The van der Waals surface area contributed by atoms with Crippen molar-refractivity contribution in [2.45, 2.75) is 45.1 Å². The minimum absolute atomic E-state index is 0.00583. The van der Waals surface area contributed by atoms with Gasteiger partial charge in [0, 0.05) is 11.4 Å². The smallest absolute Gasteiger partial charge is 0.265 e. The molecule has 0 saturated heterocycles. The third kappa shape index (κ3) is 3.09. The fourth-order valence-corrected chi connectivity index (χ4v) is 3.81. The van der Waals surface area contributed by atoms with Crippen LogP contribution in [0.2, 0.25) is 0 Å². The molecular weight excluding hydrogens is 314 g/mol. The molecular formula is C12H18BrN3OS. The Labute approximate surface area is 120 Å². The quantitative estimate of drug-likeness (QED) is 0.844. The van der Waals surface area contributed by atoms with Crippen molar-refractivity contribution in [1.29, 1.82) is 0 Å². The first-order valence-corrected chi connectivity index (χ1v) is 8.33. The maximum absolute atomic E-state index is 12.2. The van der Waals surface area contributed by atoms with E-state index < -0.39 is 0 Å². The number of nitrogens with one attached hydrogen (secondary N) is 1. The lowest BCUT2D eigenvalue weighted by Gasteiger charge is -2.18. The molecule has 1 amide bonds. The highest BCUT2D eigenvalue weighted by molar-refractivity contribution is 9.09. The Morgan fingerprint density at radius 2 is 2.39 bits per heavy atom. The van der Waals surface area contributed by atoms with Crippen molar-refractivity contribution >= 4 is 33.4 Å². The van der Waals surface area contributed by atoms with Crippen LogP contribution in [-0.4, -0.2) is 26.9 Å². The second-order valence-electron chi connectivity index (χ2n) is 4.72. The number of amides is 1. The molecule has 1 aliphatic carbocycles. The van der Waals surface area contributed by atoms with Gasteiger partial charge in [-0.25, -0.2) is 0 Å². The molecule has 4 nitrogen and oxygen atoms in total. The molecule has 0 bridgehead atoms. The van der Waals surface area contributed by atoms with Crippen molar-refractivity contribution in [3.05, 3.63) is 10.6 Å². The van der Waals surface area contributed by atoms with Gasteiger partial charge in [0.05, 0.1) is 5.69 Å². The van der Waals surface area contributed by atoms with E-state index in [1.54, 1.807) is 0 Å². The summed E-state index contributed by atoms with van der Waals surface area (Å²) in [7, 11) is 0. The maximum atomic E-state index is 12.2. The van der Waals surface area contributed by atoms with Gasteiger partial charge in [0.25, 0.3) is 5.91 Å². The molecule has 0 radical (unpaired) electrons. The van der Waals surface area contributed by atoms with Gasteiger partial charge in [0.2, 0.25) is 0 Å². The standard InChI is InChI=1S/C12H18BrN3OS/c1-2-4-10-11(18-16-15-10)12(17)14-9-6-3-5-8(9)7-13/h8-9H,2-7H2,1H3,(H,14,17). The van der Waals surface area contributed by atoms with Crippen LogP contribution in [0.25, 0.3) is 0 Å². The number of hydrogen-bond acceptors (Lipinski definition) is 4. The van der Waals surface area contributed by atoms with Crippen LogP contribution in [0.3, 0.4) is 0 Å². The number of nitrogens with zero attached hydrogens (tertiary/aromatic N) is 2. The molecule has 0 spiro atoms. The topological polar surface area (TPSA) is 54.9 Å². The van der Waals surface area contributed by atoms with Crippen molar-refractivity contribution in [2.75, 3.05) is 5.33 Å². The minimum Gasteiger partial charge on any atom is -0.348 e. The van der Waals surface area contributed by atoms with Crippen molar-refractivity contribution in [3.8, 4) is 0 Å². The highest BCUT2D eigenvalue weighted by Crippen LogP contribution is 2.27. The van der Waals surface area contributed by atoms with Gasteiger partial charge < -0.3 is 5.32 Å². The van der Waals surface area contributed by atoms with Crippen LogP contribution in [-0.2, 0) is 6.42 Å². The Morgan fingerprint density at radius 3 is 3.11 bits per heavy atom. The number of hydrogen-bond donors (Lipinski definition) is 1. The molecule has 1 saturated carbocycles. The molecule has 1 aromatic heterocycles. The molecule has 100 valence electrons. The summed E-state index contributed by atoms with van der Waals surface area (Å²) in [6, 6.07) is 0.299. The fraction of sp³-hybridized carbons (Fsp3) is 0.750. The summed E-state index contributed by atoms with van der Waals surface area (Å²) in [6.07, 6.45) is 5.28. The Hall–Kier alpha value is -0.490. The summed E-state index contributed by atoms with van der Waals surface area (Å²) in [6.45, 7) is 2.08. The molecule has 1 N–H and O–H groups in total. The third-order valence-corrected chi connectivity index (χ3v) is 5.02. The fourth-order valence-electron chi connectivity index (χ4n) is 2.43. The molecule has 1 aromatic rings. The number of carbonyl (C=O) groups is 1. The highest BCUT2D eigenvalue weighted by atomic mass is 79.9. The van der Waals surface area contributed by atoms with Crippen LogP contribution < -0.4 is 5.32 Å². The number of carbonyl (C=O) groups excluding carboxylic acids is 1. The van der Waals surface area contributed by atoms with Gasteiger partial charge >= 0.3 is 0 Å². The van der Waals surface area contributed by atoms with Gasteiger partial charge in [-0.2, -0.15) is 0 Å². The zero-order valence-corrected chi connectivity index (χ0v) is 12.9. The number of aryl methyl sites for hydroxylation is 1. The van der Waals surface area contributed by atoms with Gasteiger partial charge in [-0.05, 0) is 36.7 Å². The summed E-state index contributed by atoms with van der Waals surface area (Å²) < 4.78 is 3.90.